The van der Waals surface area contributed by atoms with Crippen molar-refractivity contribution in [2.45, 2.75) is 13.3 Å². The molecule has 5 heteroatoms. The molecule has 1 aliphatic rings. The molecule has 5 nitrogen and oxygen atoms in total. The van der Waals surface area contributed by atoms with Gasteiger partial charge in [0.25, 0.3) is 5.91 Å². The summed E-state index contributed by atoms with van der Waals surface area (Å²) in [6, 6.07) is 6.91. The second-order valence-electron chi connectivity index (χ2n) is 5.24. The predicted molar refractivity (Wildman–Crippen MR) is 73.5 cm³/mol. The molecule has 1 saturated heterocycles. The van der Waals surface area contributed by atoms with E-state index < -0.39 is 5.41 Å². The van der Waals surface area contributed by atoms with Crippen LogP contribution < -0.4 is 11.1 Å². The predicted octanol–water partition coefficient (Wildman–Crippen LogP) is 0.867. The van der Waals surface area contributed by atoms with Crippen LogP contribution in [0.5, 0.6) is 0 Å². The van der Waals surface area contributed by atoms with Gasteiger partial charge in [0.15, 0.2) is 0 Å². The monoisotopic (exact) mass is 261 g/mol. The molecule has 1 atom stereocenters. The van der Waals surface area contributed by atoms with Crippen LogP contribution in [0.3, 0.4) is 0 Å². The van der Waals surface area contributed by atoms with Crippen molar-refractivity contribution in [2.24, 2.45) is 5.41 Å². The number of hydrogen-bond acceptors (Lipinski definition) is 3. The van der Waals surface area contributed by atoms with Crippen LogP contribution in [0.4, 0.5) is 5.69 Å². The summed E-state index contributed by atoms with van der Waals surface area (Å²) in [5.41, 5.74) is 6.33. The summed E-state index contributed by atoms with van der Waals surface area (Å²) in [7, 11) is 1.62. The highest BCUT2D eigenvalue weighted by molar-refractivity contribution is 5.96. The summed E-state index contributed by atoms with van der Waals surface area (Å²) in [4.78, 5) is 25.9. The van der Waals surface area contributed by atoms with E-state index in [2.05, 4.69) is 5.32 Å². The summed E-state index contributed by atoms with van der Waals surface area (Å²) < 4.78 is 0. The number of likely N-dealkylation sites (tertiary alicyclic amines) is 1. The maximum Gasteiger partial charge on any atom is 0.253 e. The first-order valence-electron chi connectivity index (χ1n) is 6.33. The van der Waals surface area contributed by atoms with Gasteiger partial charge in [0.1, 0.15) is 0 Å². The Balaban J connectivity index is 2.13. The van der Waals surface area contributed by atoms with Crippen molar-refractivity contribution >= 4 is 17.5 Å². The number of carbonyl (C=O) groups excluding carboxylic acids is 2. The molecule has 2 rings (SSSR count). The van der Waals surface area contributed by atoms with E-state index >= 15 is 0 Å². The number of nitrogen functional groups attached to an aromatic ring is 1. The third kappa shape index (κ3) is 2.54. The van der Waals surface area contributed by atoms with Gasteiger partial charge in [0.05, 0.1) is 5.41 Å². The number of rotatable bonds is 2. The molecule has 3 N–H and O–H groups in total. The molecule has 1 aliphatic heterocycles. The second kappa shape index (κ2) is 4.91. The minimum absolute atomic E-state index is 0.0182. The van der Waals surface area contributed by atoms with E-state index in [1.54, 1.807) is 36.2 Å². The highest BCUT2D eigenvalue weighted by Gasteiger charge is 2.41. The third-order valence-electron chi connectivity index (χ3n) is 3.67. The van der Waals surface area contributed by atoms with E-state index in [1.807, 2.05) is 6.92 Å². The largest absolute Gasteiger partial charge is 0.399 e. The Morgan fingerprint density at radius 2 is 2.16 bits per heavy atom. The number of nitrogens with two attached hydrogens (primary N) is 1. The molecule has 102 valence electrons. The van der Waals surface area contributed by atoms with E-state index in [4.69, 9.17) is 5.73 Å². The Labute approximate surface area is 112 Å². The van der Waals surface area contributed by atoms with Gasteiger partial charge in [0, 0.05) is 31.4 Å². The highest BCUT2D eigenvalue weighted by atomic mass is 16.2. The van der Waals surface area contributed by atoms with Crippen LogP contribution in [0, 0.1) is 5.41 Å². The third-order valence-corrected chi connectivity index (χ3v) is 3.67. The fourth-order valence-corrected chi connectivity index (χ4v) is 2.48. The van der Waals surface area contributed by atoms with Crippen LogP contribution in [-0.4, -0.2) is 36.9 Å². The molecule has 1 fully saturated rings. The van der Waals surface area contributed by atoms with Crippen molar-refractivity contribution in [3.05, 3.63) is 29.8 Å². The summed E-state index contributed by atoms with van der Waals surface area (Å²) in [5, 5.41) is 2.66. The van der Waals surface area contributed by atoms with Gasteiger partial charge in [-0.1, -0.05) is 6.07 Å². The van der Waals surface area contributed by atoms with Crippen LogP contribution in [0.25, 0.3) is 0 Å². The van der Waals surface area contributed by atoms with Gasteiger partial charge in [-0.05, 0) is 31.5 Å². The van der Waals surface area contributed by atoms with Crippen LogP contribution in [0.15, 0.2) is 24.3 Å². The first kappa shape index (κ1) is 13.4. The molecule has 1 aromatic carbocycles. The molecular formula is C14H19N3O2. The Kier molecular flexibility index (Phi) is 3.46. The van der Waals surface area contributed by atoms with Crippen molar-refractivity contribution in [3.63, 3.8) is 0 Å². The number of amides is 2. The molecule has 0 aliphatic carbocycles. The standard InChI is InChI=1S/C14H19N3O2/c1-14(13(19)16-2)6-7-17(9-14)12(18)10-4-3-5-11(15)8-10/h3-5,8H,6-7,9,15H2,1-2H3,(H,16,19). The van der Waals surface area contributed by atoms with E-state index in [0.717, 1.165) is 0 Å². The summed E-state index contributed by atoms with van der Waals surface area (Å²) in [6.07, 6.45) is 0.681. The minimum Gasteiger partial charge on any atom is -0.399 e. The molecule has 1 heterocycles. The zero-order chi connectivity index (χ0) is 14.0. The lowest BCUT2D eigenvalue weighted by atomic mass is 9.89. The van der Waals surface area contributed by atoms with Crippen molar-refractivity contribution < 1.29 is 9.59 Å². The maximum atomic E-state index is 12.3. The lowest BCUT2D eigenvalue weighted by Crippen LogP contribution is -2.40. The Hall–Kier alpha value is -2.04. The van der Waals surface area contributed by atoms with Gasteiger partial charge < -0.3 is 16.0 Å². The number of anilines is 1. The average molecular weight is 261 g/mol. The molecule has 0 spiro atoms. The molecule has 0 radical (unpaired) electrons. The molecule has 1 unspecified atom stereocenters. The zero-order valence-corrected chi connectivity index (χ0v) is 11.3. The smallest absolute Gasteiger partial charge is 0.253 e. The normalized spacial score (nSPS) is 22.3. The Morgan fingerprint density at radius 3 is 2.79 bits per heavy atom. The molecular weight excluding hydrogens is 242 g/mol. The van der Waals surface area contributed by atoms with Gasteiger partial charge >= 0.3 is 0 Å². The van der Waals surface area contributed by atoms with Crippen molar-refractivity contribution in [1.82, 2.24) is 10.2 Å². The molecule has 1 aromatic rings. The molecule has 0 bridgehead atoms. The van der Waals surface area contributed by atoms with Crippen molar-refractivity contribution in [3.8, 4) is 0 Å². The zero-order valence-electron chi connectivity index (χ0n) is 11.3. The van der Waals surface area contributed by atoms with Crippen LogP contribution in [-0.2, 0) is 4.79 Å². The Morgan fingerprint density at radius 1 is 1.42 bits per heavy atom. The SMILES string of the molecule is CNC(=O)C1(C)CCN(C(=O)c2cccc(N)c2)C1. The molecule has 0 aromatic heterocycles. The van der Waals surface area contributed by atoms with Gasteiger partial charge in [-0.25, -0.2) is 0 Å². The quantitative estimate of drug-likeness (QED) is 0.776. The molecule has 0 saturated carbocycles. The summed E-state index contributed by atoms with van der Waals surface area (Å²) in [5.74, 6) is -0.0877. The van der Waals surface area contributed by atoms with Gasteiger partial charge in [-0.2, -0.15) is 0 Å². The summed E-state index contributed by atoms with van der Waals surface area (Å²) >= 11 is 0. The fraction of sp³-hybridized carbons (Fsp3) is 0.429. The average Bonchev–Trinajstić information content (AvgIpc) is 2.81. The van der Waals surface area contributed by atoms with Gasteiger partial charge in [-0.3, -0.25) is 9.59 Å². The lowest BCUT2D eigenvalue weighted by molar-refractivity contribution is -0.128. The van der Waals surface area contributed by atoms with Crippen molar-refractivity contribution in [1.29, 1.82) is 0 Å². The minimum atomic E-state index is -0.495. The van der Waals surface area contributed by atoms with Crippen molar-refractivity contribution in [2.75, 3.05) is 25.9 Å². The van der Waals surface area contributed by atoms with E-state index in [1.165, 1.54) is 0 Å². The first-order valence-corrected chi connectivity index (χ1v) is 6.33. The number of hydrogen-bond donors (Lipinski definition) is 2. The van der Waals surface area contributed by atoms with E-state index in [-0.39, 0.29) is 11.8 Å². The number of benzene rings is 1. The van der Waals surface area contributed by atoms with Crippen LogP contribution in [0.1, 0.15) is 23.7 Å². The number of nitrogens with one attached hydrogen (secondary N) is 1. The van der Waals surface area contributed by atoms with Crippen LogP contribution in [0.2, 0.25) is 0 Å². The molecule has 19 heavy (non-hydrogen) atoms. The lowest BCUT2D eigenvalue weighted by Gasteiger charge is -2.22. The number of carbonyl (C=O) groups is 2. The maximum absolute atomic E-state index is 12.3. The highest BCUT2D eigenvalue weighted by Crippen LogP contribution is 2.31. The van der Waals surface area contributed by atoms with Gasteiger partial charge in [-0.15, -0.1) is 0 Å². The van der Waals surface area contributed by atoms with Gasteiger partial charge in [0.2, 0.25) is 5.91 Å². The number of nitrogens with zero attached hydrogens (tertiary/aromatic N) is 1. The second-order valence-corrected chi connectivity index (χ2v) is 5.24. The fourth-order valence-electron chi connectivity index (χ4n) is 2.48. The topological polar surface area (TPSA) is 75.4 Å². The summed E-state index contributed by atoms with van der Waals surface area (Å²) in [6.45, 7) is 2.93. The van der Waals surface area contributed by atoms with E-state index in [9.17, 15) is 9.59 Å². The molecule has 2 amide bonds. The van der Waals surface area contributed by atoms with E-state index in [0.29, 0.717) is 30.8 Å². The first-order chi connectivity index (χ1) is 8.96. The van der Waals surface area contributed by atoms with Crippen LogP contribution >= 0.6 is 0 Å². The Bertz CT molecular complexity index is 515.